The number of esters is 1. The molecule has 2 aromatic rings. The van der Waals surface area contributed by atoms with E-state index < -0.39 is 0 Å². The van der Waals surface area contributed by atoms with Gasteiger partial charge in [0.2, 0.25) is 11.7 Å². The Balaban J connectivity index is 1.57. The summed E-state index contributed by atoms with van der Waals surface area (Å²) in [5.74, 6) is 1.59. The Kier molecular flexibility index (Phi) is 6.04. The van der Waals surface area contributed by atoms with Gasteiger partial charge in [0, 0.05) is 30.1 Å². The Labute approximate surface area is 152 Å². The van der Waals surface area contributed by atoms with Crippen molar-refractivity contribution >= 4 is 17.6 Å². The van der Waals surface area contributed by atoms with E-state index in [-0.39, 0.29) is 5.97 Å². The predicted molar refractivity (Wildman–Crippen MR) is 94.2 cm³/mol. The van der Waals surface area contributed by atoms with E-state index in [9.17, 15) is 4.79 Å². The van der Waals surface area contributed by atoms with E-state index in [0.29, 0.717) is 48.8 Å². The first-order chi connectivity index (χ1) is 12.1. The molecule has 1 aromatic carbocycles. The van der Waals surface area contributed by atoms with Gasteiger partial charge < -0.3 is 9.26 Å². The van der Waals surface area contributed by atoms with Gasteiger partial charge >= 0.3 is 5.97 Å². The highest BCUT2D eigenvalue weighted by molar-refractivity contribution is 6.30. The minimum atomic E-state index is -0.187. The maximum atomic E-state index is 11.8. The molecular formula is C18H22ClN3O3. The zero-order chi connectivity index (χ0) is 17.6. The molecule has 25 heavy (non-hydrogen) atoms. The Morgan fingerprint density at radius 3 is 3.00 bits per heavy atom. The van der Waals surface area contributed by atoms with Crippen molar-refractivity contribution in [3.63, 3.8) is 0 Å². The van der Waals surface area contributed by atoms with Crippen molar-refractivity contribution in [3.05, 3.63) is 35.2 Å². The molecule has 134 valence electrons. The highest BCUT2D eigenvalue weighted by Crippen LogP contribution is 2.29. The van der Waals surface area contributed by atoms with Crippen molar-refractivity contribution in [1.82, 2.24) is 15.0 Å². The van der Waals surface area contributed by atoms with Crippen molar-refractivity contribution in [1.29, 1.82) is 0 Å². The largest absolute Gasteiger partial charge is 0.465 e. The van der Waals surface area contributed by atoms with Crippen LogP contribution in [0.3, 0.4) is 0 Å². The Morgan fingerprint density at radius 2 is 2.28 bits per heavy atom. The van der Waals surface area contributed by atoms with E-state index in [1.54, 1.807) is 12.1 Å². The van der Waals surface area contributed by atoms with Gasteiger partial charge in [-0.3, -0.25) is 9.69 Å². The quantitative estimate of drug-likeness (QED) is 0.637. The SMILES string of the molecule is CCOC(=O)CN(CCc1nc(-c2cccc(Cl)c2)no1)CC1CC1. The number of nitrogens with zero attached hydrogens (tertiary/aromatic N) is 3. The summed E-state index contributed by atoms with van der Waals surface area (Å²) in [6, 6.07) is 7.35. The fourth-order valence-corrected chi connectivity index (χ4v) is 2.83. The highest BCUT2D eigenvalue weighted by atomic mass is 35.5. The molecule has 6 nitrogen and oxygen atoms in total. The van der Waals surface area contributed by atoms with Crippen LogP contribution in [-0.2, 0) is 16.0 Å². The number of rotatable bonds is 9. The molecule has 0 N–H and O–H groups in total. The van der Waals surface area contributed by atoms with Crippen molar-refractivity contribution in [2.45, 2.75) is 26.2 Å². The van der Waals surface area contributed by atoms with Gasteiger partial charge in [-0.2, -0.15) is 4.98 Å². The summed E-state index contributed by atoms with van der Waals surface area (Å²) in [6.45, 7) is 4.13. The molecule has 1 fully saturated rings. The monoisotopic (exact) mass is 363 g/mol. The fraction of sp³-hybridized carbons (Fsp3) is 0.500. The van der Waals surface area contributed by atoms with Crippen LogP contribution in [0.2, 0.25) is 5.02 Å². The molecule has 0 bridgehead atoms. The third-order valence-electron chi connectivity index (χ3n) is 4.06. The number of hydrogen-bond donors (Lipinski definition) is 0. The zero-order valence-corrected chi connectivity index (χ0v) is 15.0. The first-order valence-corrected chi connectivity index (χ1v) is 8.98. The van der Waals surface area contributed by atoms with Crippen molar-refractivity contribution in [3.8, 4) is 11.4 Å². The van der Waals surface area contributed by atoms with E-state index in [1.165, 1.54) is 12.8 Å². The van der Waals surface area contributed by atoms with Gasteiger partial charge in [-0.05, 0) is 37.8 Å². The molecule has 0 aliphatic heterocycles. The van der Waals surface area contributed by atoms with Crippen LogP contribution >= 0.6 is 11.6 Å². The average Bonchev–Trinajstić information content (AvgIpc) is 3.27. The van der Waals surface area contributed by atoms with Crippen molar-refractivity contribution < 1.29 is 14.1 Å². The summed E-state index contributed by atoms with van der Waals surface area (Å²) in [7, 11) is 0. The highest BCUT2D eigenvalue weighted by Gasteiger charge is 2.25. The van der Waals surface area contributed by atoms with Crippen LogP contribution in [0.25, 0.3) is 11.4 Å². The average molecular weight is 364 g/mol. The number of carbonyl (C=O) groups is 1. The molecule has 1 aliphatic carbocycles. The standard InChI is InChI=1S/C18H22ClN3O3/c1-2-24-17(23)12-22(11-13-6-7-13)9-8-16-20-18(21-25-16)14-4-3-5-15(19)10-14/h3-5,10,13H,2,6-9,11-12H2,1H3. The summed E-state index contributed by atoms with van der Waals surface area (Å²) in [5.41, 5.74) is 0.823. The number of carbonyl (C=O) groups excluding carboxylic acids is 1. The Morgan fingerprint density at radius 1 is 1.44 bits per heavy atom. The molecule has 1 saturated carbocycles. The molecule has 0 amide bonds. The van der Waals surface area contributed by atoms with Crippen LogP contribution in [0.1, 0.15) is 25.7 Å². The van der Waals surface area contributed by atoms with Gasteiger partial charge in [0.25, 0.3) is 0 Å². The lowest BCUT2D eigenvalue weighted by Gasteiger charge is -2.20. The molecule has 0 radical (unpaired) electrons. The summed E-state index contributed by atoms with van der Waals surface area (Å²) in [6.07, 6.45) is 3.07. The lowest BCUT2D eigenvalue weighted by molar-refractivity contribution is -0.144. The number of aromatic nitrogens is 2. The normalized spacial score (nSPS) is 14.0. The third kappa shape index (κ3) is 5.54. The molecule has 0 unspecified atom stereocenters. The third-order valence-corrected chi connectivity index (χ3v) is 4.30. The lowest BCUT2D eigenvalue weighted by Crippen LogP contribution is -2.34. The van der Waals surface area contributed by atoms with E-state index in [2.05, 4.69) is 15.0 Å². The smallest absolute Gasteiger partial charge is 0.320 e. The Hall–Kier alpha value is -1.92. The number of halogens is 1. The minimum Gasteiger partial charge on any atom is -0.465 e. The summed E-state index contributed by atoms with van der Waals surface area (Å²) in [5, 5.41) is 4.65. The summed E-state index contributed by atoms with van der Waals surface area (Å²) in [4.78, 5) is 18.3. The molecule has 1 heterocycles. The van der Waals surface area contributed by atoms with E-state index in [4.69, 9.17) is 20.9 Å². The van der Waals surface area contributed by atoms with Gasteiger partial charge in [-0.1, -0.05) is 28.9 Å². The van der Waals surface area contributed by atoms with Crippen LogP contribution in [0.4, 0.5) is 0 Å². The van der Waals surface area contributed by atoms with Gasteiger partial charge in [0.15, 0.2) is 0 Å². The number of hydrogen-bond acceptors (Lipinski definition) is 6. The molecule has 7 heteroatoms. The van der Waals surface area contributed by atoms with Crippen LogP contribution in [0.15, 0.2) is 28.8 Å². The summed E-state index contributed by atoms with van der Waals surface area (Å²) >= 11 is 6.00. The first-order valence-electron chi connectivity index (χ1n) is 8.60. The molecule has 1 aliphatic rings. The van der Waals surface area contributed by atoms with Gasteiger partial charge in [0.1, 0.15) is 0 Å². The second-order valence-electron chi connectivity index (χ2n) is 6.26. The minimum absolute atomic E-state index is 0.187. The molecule has 0 spiro atoms. The molecule has 0 saturated heterocycles. The van der Waals surface area contributed by atoms with Crippen LogP contribution in [0, 0.1) is 5.92 Å². The molecule has 1 aromatic heterocycles. The predicted octanol–water partition coefficient (Wildman–Crippen LogP) is 3.21. The van der Waals surface area contributed by atoms with E-state index in [1.807, 2.05) is 19.1 Å². The van der Waals surface area contributed by atoms with Gasteiger partial charge in [-0.15, -0.1) is 0 Å². The second kappa shape index (κ2) is 8.45. The second-order valence-corrected chi connectivity index (χ2v) is 6.69. The van der Waals surface area contributed by atoms with E-state index in [0.717, 1.165) is 12.1 Å². The first kappa shape index (κ1) is 17.9. The summed E-state index contributed by atoms with van der Waals surface area (Å²) < 4.78 is 10.4. The lowest BCUT2D eigenvalue weighted by atomic mass is 10.2. The van der Waals surface area contributed by atoms with Crippen LogP contribution < -0.4 is 0 Å². The van der Waals surface area contributed by atoms with Crippen LogP contribution in [-0.4, -0.2) is 47.3 Å². The molecule has 3 rings (SSSR count). The topological polar surface area (TPSA) is 68.5 Å². The van der Waals surface area contributed by atoms with Gasteiger partial charge in [0.05, 0.1) is 13.2 Å². The van der Waals surface area contributed by atoms with E-state index >= 15 is 0 Å². The Bertz CT molecular complexity index is 715. The molecule has 0 atom stereocenters. The zero-order valence-electron chi connectivity index (χ0n) is 14.3. The number of ether oxygens (including phenoxy) is 1. The van der Waals surface area contributed by atoms with Crippen molar-refractivity contribution in [2.24, 2.45) is 5.92 Å². The van der Waals surface area contributed by atoms with Gasteiger partial charge in [-0.25, -0.2) is 0 Å². The van der Waals surface area contributed by atoms with Crippen molar-refractivity contribution in [2.75, 3.05) is 26.2 Å². The molecular weight excluding hydrogens is 342 g/mol. The maximum Gasteiger partial charge on any atom is 0.320 e. The maximum absolute atomic E-state index is 11.8. The fourth-order valence-electron chi connectivity index (χ4n) is 2.64. The number of benzene rings is 1. The van der Waals surface area contributed by atoms with Crippen LogP contribution in [0.5, 0.6) is 0 Å².